The van der Waals surface area contributed by atoms with Gasteiger partial charge in [-0.1, -0.05) is 29.8 Å². The molecular weight excluding hydrogens is 316 g/mol. The van der Waals surface area contributed by atoms with Crippen molar-refractivity contribution < 1.29 is 17.6 Å². The minimum absolute atomic E-state index is 0.194. The third-order valence-electron chi connectivity index (χ3n) is 3.30. The summed E-state index contributed by atoms with van der Waals surface area (Å²) in [5.41, 5.74) is 1.98. The first-order valence-corrected chi connectivity index (χ1v) is 9.03. The van der Waals surface area contributed by atoms with Crippen LogP contribution in [-0.4, -0.2) is 38.0 Å². The number of furan rings is 1. The number of hydrogen-bond donors (Lipinski definition) is 1. The highest BCUT2D eigenvalue weighted by atomic mass is 32.2. The van der Waals surface area contributed by atoms with Gasteiger partial charge in [-0.25, -0.2) is 8.42 Å². The summed E-state index contributed by atoms with van der Waals surface area (Å²) < 4.78 is 30.2. The summed E-state index contributed by atoms with van der Waals surface area (Å²) in [6, 6.07) is 10.8. The first-order valence-electron chi connectivity index (χ1n) is 7.18. The number of amides is 1. The lowest BCUT2D eigenvalue weighted by Crippen LogP contribution is -2.37. The van der Waals surface area contributed by atoms with Crippen molar-refractivity contribution >= 4 is 15.9 Å². The quantitative estimate of drug-likeness (QED) is 0.836. The van der Waals surface area contributed by atoms with E-state index in [2.05, 4.69) is 5.32 Å². The maximum absolute atomic E-state index is 11.9. The molecule has 0 spiro atoms. The van der Waals surface area contributed by atoms with Crippen molar-refractivity contribution in [1.29, 1.82) is 0 Å². The van der Waals surface area contributed by atoms with E-state index in [0.717, 1.165) is 17.4 Å². The van der Waals surface area contributed by atoms with Crippen LogP contribution >= 0.6 is 0 Å². The average molecular weight is 336 g/mol. The molecule has 2 rings (SSSR count). The molecule has 0 saturated carbocycles. The van der Waals surface area contributed by atoms with E-state index < -0.39 is 10.0 Å². The highest BCUT2D eigenvalue weighted by Gasteiger charge is 2.17. The number of carbonyl (C=O) groups is 1. The summed E-state index contributed by atoms with van der Waals surface area (Å²) in [6.45, 7) is 2.63. The molecule has 6 nitrogen and oxygen atoms in total. The van der Waals surface area contributed by atoms with E-state index in [1.807, 2.05) is 31.2 Å². The summed E-state index contributed by atoms with van der Waals surface area (Å²) in [5.74, 6) is -0.159. The van der Waals surface area contributed by atoms with E-state index in [1.54, 1.807) is 12.1 Å². The molecule has 0 aliphatic heterocycles. The first-order chi connectivity index (χ1) is 10.9. The average Bonchev–Trinajstić information content (AvgIpc) is 2.99. The van der Waals surface area contributed by atoms with Crippen LogP contribution in [0.1, 0.15) is 21.7 Å². The molecule has 0 radical (unpaired) electrons. The molecule has 1 N–H and O–H groups in total. The fourth-order valence-electron chi connectivity index (χ4n) is 2.17. The third kappa shape index (κ3) is 5.22. The van der Waals surface area contributed by atoms with Gasteiger partial charge in [0, 0.05) is 19.6 Å². The Hall–Kier alpha value is -2.12. The molecule has 1 aromatic carbocycles. The summed E-state index contributed by atoms with van der Waals surface area (Å²) in [4.78, 5) is 11.8. The number of aryl methyl sites for hydroxylation is 1. The van der Waals surface area contributed by atoms with Crippen molar-refractivity contribution in [2.75, 3.05) is 19.3 Å². The lowest BCUT2D eigenvalue weighted by Gasteiger charge is -2.20. The number of carbonyl (C=O) groups excluding carboxylic acids is 1. The number of rotatable bonds is 7. The van der Waals surface area contributed by atoms with Gasteiger partial charge in [0.25, 0.3) is 5.91 Å². The number of hydrogen-bond acceptors (Lipinski definition) is 4. The molecule has 0 aliphatic carbocycles. The molecule has 1 heterocycles. The van der Waals surface area contributed by atoms with Crippen LogP contribution in [0.5, 0.6) is 0 Å². The fourth-order valence-corrected chi connectivity index (χ4v) is 2.97. The van der Waals surface area contributed by atoms with E-state index in [1.165, 1.54) is 10.6 Å². The molecule has 0 bridgehead atoms. The smallest absolute Gasteiger partial charge is 0.287 e. The molecular formula is C16H20N2O4S. The van der Waals surface area contributed by atoms with Crippen LogP contribution in [0, 0.1) is 6.92 Å². The zero-order valence-electron chi connectivity index (χ0n) is 13.2. The van der Waals surface area contributed by atoms with Gasteiger partial charge in [-0.15, -0.1) is 0 Å². The summed E-state index contributed by atoms with van der Waals surface area (Å²) >= 11 is 0. The van der Waals surface area contributed by atoms with Crippen LogP contribution in [0.15, 0.2) is 47.1 Å². The van der Waals surface area contributed by atoms with Gasteiger partial charge in [0.1, 0.15) is 0 Å². The van der Waals surface area contributed by atoms with Gasteiger partial charge in [-0.05, 0) is 24.6 Å². The van der Waals surface area contributed by atoms with Crippen molar-refractivity contribution in [3.05, 3.63) is 59.5 Å². The molecule has 0 unspecified atom stereocenters. The Morgan fingerprint density at radius 1 is 1.26 bits per heavy atom. The molecule has 23 heavy (non-hydrogen) atoms. The van der Waals surface area contributed by atoms with E-state index in [9.17, 15) is 13.2 Å². The largest absolute Gasteiger partial charge is 0.459 e. The standard InChI is InChI=1S/C16H20N2O4S/c1-13-5-3-6-14(11-13)12-18(23(2,20)21)9-8-17-16(19)15-7-4-10-22-15/h3-7,10-11H,8-9,12H2,1-2H3,(H,17,19). The maximum atomic E-state index is 11.9. The minimum Gasteiger partial charge on any atom is -0.459 e. The van der Waals surface area contributed by atoms with Gasteiger partial charge < -0.3 is 9.73 Å². The van der Waals surface area contributed by atoms with Crippen LogP contribution in [0.4, 0.5) is 0 Å². The van der Waals surface area contributed by atoms with Crippen LogP contribution < -0.4 is 5.32 Å². The first kappa shape index (κ1) is 17.2. The van der Waals surface area contributed by atoms with E-state index in [4.69, 9.17) is 4.42 Å². The maximum Gasteiger partial charge on any atom is 0.287 e. The van der Waals surface area contributed by atoms with Crippen molar-refractivity contribution in [2.24, 2.45) is 0 Å². The number of nitrogens with one attached hydrogen (secondary N) is 1. The summed E-state index contributed by atoms with van der Waals surface area (Å²) in [6.07, 6.45) is 2.58. The van der Waals surface area contributed by atoms with Crippen molar-refractivity contribution in [2.45, 2.75) is 13.5 Å². The molecule has 1 amide bonds. The highest BCUT2D eigenvalue weighted by Crippen LogP contribution is 2.10. The van der Waals surface area contributed by atoms with Crippen LogP contribution in [0.3, 0.4) is 0 Å². The Kier molecular flexibility index (Phi) is 5.57. The Morgan fingerprint density at radius 3 is 2.65 bits per heavy atom. The van der Waals surface area contributed by atoms with Gasteiger partial charge in [-0.3, -0.25) is 4.79 Å². The molecule has 0 fully saturated rings. The second kappa shape index (κ2) is 7.43. The second-order valence-corrected chi connectivity index (χ2v) is 7.30. The summed E-state index contributed by atoms with van der Waals surface area (Å²) in [5, 5.41) is 2.65. The van der Waals surface area contributed by atoms with Gasteiger partial charge >= 0.3 is 0 Å². The second-order valence-electron chi connectivity index (χ2n) is 5.32. The molecule has 0 atom stereocenters. The van der Waals surface area contributed by atoms with Gasteiger partial charge in [0.05, 0.1) is 12.5 Å². The van der Waals surface area contributed by atoms with Crippen molar-refractivity contribution in [1.82, 2.24) is 9.62 Å². The summed E-state index contributed by atoms with van der Waals surface area (Å²) in [7, 11) is -3.37. The van der Waals surface area contributed by atoms with Crippen molar-refractivity contribution in [3.63, 3.8) is 0 Å². The Labute approximate surface area is 136 Å². The monoisotopic (exact) mass is 336 g/mol. The number of nitrogens with zero attached hydrogens (tertiary/aromatic N) is 1. The Balaban J connectivity index is 1.96. The lowest BCUT2D eigenvalue weighted by atomic mass is 10.1. The van der Waals surface area contributed by atoms with Crippen LogP contribution in [0.25, 0.3) is 0 Å². The minimum atomic E-state index is -3.37. The molecule has 2 aromatic rings. The van der Waals surface area contributed by atoms with Crippen LogP contribution in [-0.2, 0) is 16.6 Å². The molecule has 124 valence electrons. The van der Waals surface area contributed by atoms with Gasteiger partial charge in [-0.2, -0.15) is 4.31 Å². The number of benzene rings is 1. The molecule has 1 aromatic heterocycles. The van der Waals surface area contributed by atoms with E-state index >= 15 is 0 Å². The van der Waals surface area contributed by atoms with E-state index in [0.29, 0.717) is 0 Å². The van der Waals surface area contributed by atoms with Crippen LogP contribution in [0.2, 0.25) is 0 Å². The lowest BCUT2D eigenvalue weighted by molar-refractivity contribution is 0.0924. The number of sulfonamides is 1. The van der Waals surface area contributed by atoms with Gasteiger partial charge in [0.15, 0.2) is 5.76 Å². The molecule has 0 aliphatic rings. The van der Waals surface area contributed by atoms with Crippen molar-refractivity contribution in [3.8, 4) is 0 Å². The van der Waals surface area contributed by atoms with Gasteiger partial charge in [0.2, 0.25) is 10.0 Å². The highest BCUT2D eigenvalue weighted by molar-refractivity contribution is 7.88. The zero-order valence-corrected chi connectivity index (χ0v) is 14.0. The normalized spacial score (nSPS) is 11.6. The Morgan fingerprint density at radius 2 is 2.04 bits per heavy atom. The molecule has 0 saturated heterocycles. The zero-order chi connectivity index (χ0) is 16.9. The SMILES string of the molecule is Cc1cccc(CN(CCNC(=O)c2ccco2)S(C)(=O)=O)c1. The third-order valence-corrected chi connectivity index (χ3v) is 4.55. The Bertz CT molecular complexity index is 754. The predicted molar refractivity (Wildman–Crippen MR) is 87.5 cm³/mol. The fraction of sp³-hybridized carbons (Fsp3) is 0.312. The molecule has 7 heteroatoms. The predicted octanol–water partition coefficient (Wildman–Crippen LogP) is 1.78. The topological polar surface area (TPSA) is 79.6 Å². The van der Waals surface area contributed by atoms with E-state index in [-0.39, 0.29) is 31.3 Å².